The zero-order valence-corrected chi connectivity index (χ0v) is 13.8. The van der Waals surface area contributed by atoms with Gasteiger partial charge in [-0.2, -0.15) is 5.10 Å². The van der Waals surface area contributed by atoms with Crippen LogP contribution in [-0.4, -0.2) is 16.3 Å². The largest absolute Gasteiger partial charge is 0.309 e. The van der Waals surface area contributed by atoms with Crippen molar-refractivity contribution in [1.82, 2.24) is 15.1 Å². The molecule has 3 nitrogen and oxygen atoms in total. The fraction of sp³-hybridized carbons (Fsp3) is 0.438. The lowest BCUT2D eigenvalue weighted by Crippen LogP contribution is -2.14. The molecule has 4 heteroatoms. The molecule has 1 aliphatic heterocycles. The SMILES string of the molecule is Cc1ccc(-c2c(Br)c(C3CCCN3)nn2C)c(C)c1. The van der Waals surface area contributed by atoms with E-state index in [1.165, 1.54) is 35.2 Å². The van der Waals surface area contributed by atoms with Gasteiger partial charge in [-0.15, -0.1) is 0 Å². The summed E-state index contributed by atoms with van der Waals surface area (Å²) in [5, 5.41) is 8.26. The van der Waals surface area contributed by atoms with E-state index in [9.17, 15) is 0 Å². The molecule has 1 N–H and O–H groups in total. The second-order valence-electron chi connectivity index (χ2n) is 5.64. The molecular formula is C16H20BrN3. The Morgan fingerprint density at radius 2 is 2.15 bits per heavy atom. The maximum atomic E-state index is 4.74. The molecule has 1 saturated heterocycles. The number of nitrogens with one attached hydrogen (secondary N) is 1. The molecule has 0 spiro atoms. The highest BCUT2D eigenvalue weighted by molar-refractivity contribution is 9.10. The van der Waals surface area contributed by atoms with E-state index in [0.29, 0.717) is 6.04 Å². The number of aryl methyl sites for hydroxylation is 3. The van der Waals surface area contributed by atoms with E-state index in [1.54, 1.807) is 0 Å². The molecule has 0 aliphatic carbocycles. The van der Waals surface area contributed by atoms with Gasteiger partial charge in [0.25, 0.3) is 0 Å². The number of benzene rings is 1. The van der Waals surface area contributed by atoms with Crippen molar-refractivity contribution >= 4 is 15.9 Å². The average molecular weight is 334 g/mol. The van der Waals surface area contributed by atoms with Crippen LogP contribution in [0.5, 0.6) is 0 Å². The molecule has 1 aromatic heterocycles. The third-order valence-corrected chi connectivity index (χ3v) is 4.82. The maximum absolute atomic E-state index is 4.74. The minimum absolute atomic E-state index is 0.384. The van der Waals surface area contributed by atoms with Crippen molar-refractivity contribution in [2.45, 2.75) is 32.7 Å². The van der Waals surface area contributed by atoms with Gasteiger partial charge in [-0.05, 0) is 54.7 Å². The Labute approximate surface area is 128 Å². The van der Waals surface area contributed by atoms with Gasteiger partial charge in [0.15, 0.2) is 0 Å². The Balaban J connectivity index is 2.09. The van der Waals surface area contributed by atoms with Gasteiger partial charge < -0.3 is 5.32 Å². The van der Waals surface area contributed by atoms with Crippen molar-refractivity contribution in [2.75, 3.05) is 6.54 Å². The van der Waals surface area contributed by atoms with Crippen molar-refractivity contribution < 1.29 is 0 Å². The van der Waals surface area contributed by atoms with Gasteiger partial charge in [0.1, 0.15) is 0 Å². The molecule has 1 aliphatic rings. The van der Waals surface area contributed by atoms with Crippen molar-refractivity contribution in [3.63, 3.8) is 0 Å². The van der Waals surface area contributed by atoms with Crippen LogP contribution in [0.25, 0.3) is 11.3 Å². The third kappa shape index (κ3) is 2.31. The Bertz CT molecular complexity index is 639. The van der Waals surface area contributed by atoms with Crippen LogP contribution >= 0.6 is 15.9 Å². The van der Waals surface area contributed by atoms with Gasteiger partial charge in [0.05, 0.1) is 21.9 Å². The lowest BCUT2D eigenvalue weighted by atomic mass is 10.0. The number of aromatic nitrogens is 2. The molecular weight excluding hydrogens is 314 g/mol. The lowest BCUT2D eigenvalue weighted by Gasteiger charge is -2.09. The van der Waals surface area contributed by atoms with Crippen molar-refractivity contribution in [1.29, 1.82) is 0 Å². The molecule has 0 radical (unpaired) electrons. The van der Waals surface area contributed by atoms with Crippen LogP contribution < -0.4 is 5.32 Å². The Morgan fingerprint density at radius 3 is 2.80 bits per heavy atom. The zero-order valence-electron chi connectivity index (χ0n) is 12.2. The van der Waals surface area contributed by atoms with Gasteiger partial charge in [0, 0.05) is 12.6 Å². The van der Waals surface area contributed by atoms with Crippen molar-refractivity contribution in [2.24, 2.45) is 7.05 Å². The first-order valence-corrected chi connectivity index (χ1v) is 7.90. The highest BCUT2D eigenvalue weighted by Gasteiger charge is 2.25. The van der Waals surface area contributed by atoms with Crippen molar-refractivity contribution in [3.05, 3.63) is 39.5 Å². The molecule has 0 bridgehead atoms. The van der Waals surface area contributed by atoms with Gasteiger partial charge in [-0.3, -0.25) is 4.68 Å². The van der Waals surface area contributed by atoms with Crippen LogP contribution in [0.3, 0.4) is 0 Å². The summed E-state index contributed by atoms with van der Waals surface area (Å²) in [5.74, 6) is 0. The first-order valence-electron chi connectivity index (χ1n) is 7.11. The van der Waals surface area contributed by atoms with Crippen LogP contribution in [0.2, 0.25) is 0 Å². The number of rotatable bonds is 2. The summed E-state index contributed by atoms with van der Waals surface area (Å²) in [6, 6.07) is 6.96. The summed E-state index contributed by atoms with van der Waals surface area (Å²) in [7, 11) is 2.03. The van der Waals surface area contributed by atoms with E-state index in [0.717, 1.165) is 16.7 Å². The summed E-state index contributed by atoms with van der Waals surface area (Å²) < 4.78 is 3.13. The molecule has 1 atom stereocenters. The number of hydrogen-bond acceptors (Lipinski definition) is 2. The normalized spacial score (nSPS) is 18.7. The molecule has 1 unspecified atom stereocenters. The first-order chi connectivity index (χ1) is 9.58. The fourth-order valence-electron chi connectivity index (χ4n) is 3.03. The van der Waals surface area contributed by atoms with E-state index in [-0.39, 0.29) is 0 Å². The summed E-state index contributed by atoms with van der Waals surface area (Å²) in [6.07, 6.45) is 2.40. The van der Waals surface area contributed by atoms with Gasteiger partial charge in [-0.1, -0.05) is 23.8 Å². The minimum atomic E-state index is 0.384. The predicted octanol–water partition coefficient (Wildman–Crippen LogP) is 3.89. The van der Waals surface area contributed by atoms with Crippen LogP contribution in [-0.2, 0) is 7.05 Å². The average Bonchev–Trinajstić information content (AvgIpc) is 3.00. The molecule has 0 saturated carbocycles. The number of halogens is 1. The van der Waals surface area contributed by atoms with E-state index >= 15 is 0 Å². The summed E-state index contributed by atoms with van der Waals surface area (Å²) in [6.45, 7) is 5.38. The molecule has 0 amide bonds. The Kier molecular flexibility index (Phi) is 3.69. The highest BCUT2D eigenvalue weighted by atomic mass is 79.9. The number of nitrogens with zero attached hydrogens (tertiary/aromatic N) is 2. The summed E-state index contributed by atoms with van der Waals surface area (Å²) in [4.78, 5) is 0. The lowest BCUT2D eigenvalue weighted by molar-refractivity contribution is 0.605. The minimum Gasteiger partial charge on any atom is -0.309 e. The van der Waals surface area contributed by atoms with Crippen molar-refractivity contribution in [3.8, 4) is 11.3 Å². The quantitative estimate of drug-likeness (QED) is 0.903. The Morgan fingerprint density at radius 1 is 1.35 bits per heavy atom. The molecule has 2 aromatic rings. The number of hydrogen-bond donors (Lipinski definition) is 1. The standard InChI is InChI=1S/C16H20BrN3/c1-10-6-7-12(11(2)9-10)16-14(17)15(19-20(16)3)13-5-4-8-18-13/h6-7,9,13,18H,4-5,8H2,1-3H3. The Hall–Kier alpha value is -1.13. The molecule has 1 fully saturated rings. The van der Waals surface area contributed by atoms with Gasteiger partial charge in [0.2, 0.25) is 0 Å². The van der Waals surface area contributed by atoms with E-state index < -0.39 is 0 Å². The van der Waals surface area contributed by atoms with Crippen LogP contribution in [0.15, 0.2) is 22.7 Å². The van der Waals surface area contributed by atoms with Gasteiger partial charge in [-0.25, -0.2) is 0 Å². The van der Waals surface area contributed by atoms with Crippen LogP contribution in [0.1, 0.15) is 35.7 Å². The third-order valence-electron chi connectivity index (χ3n) is 4.04. The molecule has 2 heterocycles. The second-order valence-corrected chi connectivity index (χ2v) is 6.43. The highest BCUT2D eigenvalue weighted by Crippen LogP contribution is 2.37. The molecule has 20 heavy (non-hydrogen) atoms. The molecule has 3 rings (SSSR count). The second kappa shape index (κ2) is 5.34. The fourth-order valence-corrected chi connectivity index (χ4v) is 3.86. The van der Waals surface area contributed by atoms with E-state index in [1.807, 2.05) is 11.7 Å². The predicted molar refractivity (Wildman–Crippen MR) is 85.8 cm³/mol. The first kappa shape index (κ1) is 13.8. The van der Waals surface area contributed by atoms with E-state index in [2.05, 4.69) is 53.3 Å². The van der Waals surface area contributed by atoms with Crippen LogP contribution in [0, 0.1) is 13.8 Å². The monoisotopic (exact) mass is 333 g/mol. The molecule has 1 aromatic carbocycles. The maximum Gasteiger partial charge on any atom is 0.0942 e. The smallest absolute Gasteiger partial charge is 0.0942 e. The zero-order chi connectivity index (χ0) is 14.3. The van der Waals surface area contributed by atoms with E-state index in [4.69, 9.17) is 5.10 Å². The van der Waals surface area contributed by atoms with Crippen LogP contribution in [0.4, 0.5) is 0 Å². The topological polar surface area (TPSA) is 29.9 Å². The van der Waals surface area contributed by atoms with Gasteiger partial charge >= 0.3 is 0 Å². The molecule has 106 valence electrons. The summed E-state index contributed by atoms with van der Waals surface area (Å²) >= 11 is 3.78. The summed E-state index contributed by atoms with van der Waals surface area (Å²) in [5.41, 5.74) is 6.15.